The van der Waals surface area contributed by atoms with Gasteiger partial charge in [0, 0.05) is 6.26 Å². The standard InChI is InChI=1S/C11H13BrFNO3S/c1-11(2,12)10(15)14-9-6-7(18(3,16)17)4-5-8(9)13/h4-6H,1-3H3,(H,14,15). The lowest BCUT2D eigenvalue weighted by molar-refractivity contribution is -0.117. The monoisotopic (exact) mass is 337 g/mol. The lowest BCUT2D eigenvalue weighted by atomic mass is 10.2. The molecule has 0 radical (unpaired) electrons. The Bertz CT molecular complexity index is 578. The first-order chi connectivity index (χ1) is 8.01. The van der Waals surface area contributed by atoms with Gasteiger partial charge in [-0.15, -0.1) is 0 Å². The van der Waals surface area contributed by atoms with Crippen LogP contribution < -0.4 is 5.32 Å². The van der Waals surface area contributed by atoms with Crippen LogP contribution in [0.25, 0.3) is 0 Å². The van der Waals surface area contributed by atoms with Crippen molar-refractivity contribution in [2.75, 3.05) is 11.6 Å². The van der Waals surface area contributed by atoms with Crippen LogP contribution in [-0.4, -0.2) is 24.9 Å². The van der Waals surface area contributed by atoms with Crippen LogP contribution in [0.1, 0.15) is 13.8 Å². The van der Waals surface area contributed by atoms with Gasteiger partial charge in [0.2, 0.25) is 5.91 Å². The Kier molecular flexibility index (Phi) is 4.17. The summed E-state index contributed by atoms with van der Waals surface area (Å²) in [6.45, 7) is 3.20. The largest absolute Gasteiger partial charge is 0.322 e. The van der Waals surface area contributed by atoms with Crippen LogP contribution >= 0.6 is 15.9 Å². The van der Waals surface area contributed by atoms with E-state index in [-0.39, 0.29) is 10.6 Å². The molecule has 1 rings (SSSR count). The highest BCUT2D eigenvalue weighted by atomic mass is 79.9. The highest BCUT2D eigenvalue weighted by molar-refractivity contribution is 9.10. The molecule has 1 aromatic rings. The average molecular weight is 338 g/mol. The molecule has 4 nitrogen and oxygen atoms in total. The first kappa shape index (κ1) is 15.1. The second-order valence-corrected chi connectivity index (χ2v) is 8.34. The lowest BCUT2D eigenvalue weighted by Crippen LogP contribution is -2.31. The minimum absolute atomic E-state index is 0.0495. The van der Waals surface area contributed by atoms with Crippen LogP contribution in [0.5, 0.6) is 0 Å². The second-order valence-electron chi connectivity index (χ2n) is 4.34. The van der Waals surface area contributed by atoms with Crippen molar-refractivity contribution in [3.8, 4) is 0 Å². The number of carbonyl (C=O) groups excluding carboxylic acids is 1. The van der Waals surface area contributed by atoms with Crippen molar-refractivity contribution in [1.29, 1.82) is 0 Å². The summed E-state index contributed by atoms with van der Waals surface area (Å²) in [6.07, 6.45) is 1.01. The van der Waals surface area contributed by atoms with E-state index in [2.05, 4.69) is 21.2 Å². The molecule has 0 unspecified atom stereocenters. The molecule has 1 N–H and O–H groups in total. The minimum atomic E-state index is -3.44. The normalized spacial score (nSPS) is 12.3. The Morgan fingerprint density at radius 2 is 1.94 bits per heavy atom. The molecule has 0 aromatic heterocycles. The van der Waals surface area contributed by atoms with E-state index in [9.17, 15) is 17.6 Å². The predicted octanol–water partition coefficient (Wildman–Crippen LogP) is 2.34. The number of nitrogens with one attached hydrogen (secondary N) is 1. The van der Waals surface area contributed by atoms with E-state index in [1.807, 2.05) is 0 Å². The summed E-state index contributed by atoms with van der Waals surface area (Å²) in [5, 5.41) is 2.34. The van der Waals surface area contributed by atoms with Gasteiger partial charge < -0.3 is 5.32 Å². The summed E-state index contributed by atoms with van der Waals surface area (Å²) in [5.41, 5.74) is -0.157. The molecule has 0 aliphatic carbocycles. The third-order valence-electron chi connectivity index (χ3n) is 2.15. The number of alkyl halides is 1. The Morgan fingerprint density at radius 3 is 2.39 bits per heavy atom. The first-order valence-corrected chi connectivity index (χ1v) is 7.70. The average Bonchev–Trinajstić information content (AvgIpc) is 2.18. The summed E-state index contributed by atoms with van der Waals surface area (Å²) in [5.74, 6) is -1.15. The fourth-order valence-electron chi connectivity index (χ4n) is 1.10. The molecule has 0 fully saturated rings. The van der Waals surface area contributed by atoms with E-state index < -0.39 is 25.9 Å². The van der Waals surface area contributed by atoms with Gasteiger partial charge in [-0.3, -0.25) is 4.79 Å². The molecule has 18 heavy (non-hydrogen) atoms. The molecule has 100 valence electrons. The van der Waals surface area contributed by atoms with E-state index in [1.54, 1.807) is 13.8 Å². The Balaban J connectivity index is 3.14. The van der Waals surface area contributed by atoms with Crippen LogP contribution in [-0.2, 0) is 14.6 Å². The van der Waals surface area contributed by atoms with Crippen molar-refractivity contribution in [1.82, 2.24) is 0 Å². The Hall–Kier alpha value is -0.950. The zero-order chi connectivity index (χ0) is 14.1. The maximum atomic E-state index is 13.5. The van der Waals surface area contributed by atoms with Crippen molar-refractivity contribution >= 4 is 37.4 Å². The fourth-order valence-corrected chi connectivity index (χ4v) is 1.85. The molecule has 1 amide bonds. The Labute approximate surface area is 114 Å². The van der Waals surface area contributed by atoms with Gasteiger partial charge in [0.05, 0.1) is 14.9 Å². The molecular formula is C11H13BrFNO3S. The third-order valence-corrected chi connectivity index (χ3v) is 3.62. The predicted molar refractivity (Wildman–Crippen MR) is 71.1 cm³/mol. The summed E-state index contributed by atoms with van der Waals surface area (Å²) in [4.78, 5) is 11.6. The van der Waals surface area contributed by atoms with Crippen LogP contribution in [0.3, 0.4) is 0 Å². The molecule has 0 saturated carbocycles. The molecule has 0 heterocycles. The molecule has 0 aliphatic heterocycles. The molecule has 7 heteroatoms. The zero-order valence-electron chi connectivity index (χ0n) is 10.1. The molecule has 0 saturated heterocycles. The van der Waals surface area contributed by atoms with Gasteiger partial charge in [-0.1, -0.05) is 15.9 Å². The molecule has 0 bridgehead atoms. The number of amides is 1. The van der Waals surface area contributed by atoms with Gasteiger partial charge in [0.1, 0.15) is 5.82 Å². The van der Waals surface area contributed by atoms with E-state index >= 15 is 0 Å². The maximum absolute atomic E-state index is 13.5. The lowest BCUT2D eigenvalue weighted by Gasteiger charge is -2.16. The number of sulfone groups is 1. The number of hydrogen-bond donors (Lipinski definition) is 1. The van der Waals surface area contributed by atoms with Gasteiger partial charge >= 0.3 is 0 Å². The molecule has 0 aliphatic rings. The van der Waals surface area contributed by atoms with Gasteiger partial charge in [0.15, 0.2) is 9.84 Å². The number of halogens is 2. The minimum Gasteiger partial charge on any atom is -0.322 e. The van der Waals surface area contributed by atoms with Crippen LogP contribution in [0.15, 0.2) is 23.1 Å². The van der Waals surface area contributed by atoms with Crippen LogP contribution in [0.2, 0.25) is 0 Å². The SMILES string of the molecule is CC(C)(Br)C(=O)Nc1cc(S(C)(=O)=O)ccc1F. The number of anilines is 1. The van der Waals surface area contributed by atoms with E-state index in [1.165, 1.54) is 0 Å². The number of rotatable bonds is 3. The van der Waals surface area contributed by atoms with Gasteiger partial charge in [0.25, 0.3) is 0 Å². The second kappa shape index (κ2) is 4.97. The topological polar surface area (TPSA) is 63.2 Å². The summed E-state index contributed by atoms with van der Waals surface area (Å²) < 4.78 is 35.3. The van der Waals surface area contributed by atoms with E-state index in [0.29, 0.717) is 0 Å². The zero-order valence-corrected chi connectivity index (χ0v) is 12.5. The van der Waals surface area contributed by atoms with Crippen LogP contribution in [0, 0.1) is 5.82 Å². The van der Waals surface area contributed by atoms with Crippen molar-refractivity contribution in [3.05, 3.63) is 24.0 Å². The molecule has 0 atom stereocenters. The van der Waals surface area contributed by atoms with Gasteiger partial charge in [-0.2, -0.15) is 0 Å². The van der Waals surface area contributed by atoms with Gasteiger partial charge in [-0.05, 0) is 32.0 Å². The van der Waals surface area contributed by atoms with Crippen LogP contribution in [0.4, 0.5) is 10.1 Å². The Morgan fingerprint density at radius 1 is 1.39 bits per heavy atom. The number of hydrogen-bond acceptors (Lipinski definition) is 3. The fraction of sp³-hybridized carbons (Fsp3) is 0.364. The first-order valence-electron chi connectivity index (χ1n) is 5.02. The van der Waals surface area contributed by atoms with Crippen molar-refractivity contribution in [2.45, 2.75) is 23.1 Å². The van der Waals surface area contributed by atoms with Crippen molar-refractivity contribution < 1.29 is 17.6 Å². The highest BCUT2D eigenvalue weighted by Gasteiger charge is 2.24. The summed E-state index contributed by atoms with van der Waals surface area (Å²) in [7, 11) is -3.44. The smallest absolute Gasteiger partial charge is 0.240 e. The van der Waals surface area contributed by atoms with E-state index in [4.69, 9.17) is 0 Å². The summed E-state index contributed by atoms with van der Waals surface area (Å²) in [6, 6.07) is 3.26. The molecule has 0 spiro atoms. The maximum Gasteiger partial charge on any atom is 0.240 e. The van der Waals surface area contributed by atoms with Crippen molar-refractivity contribution in [3.63, 3.8) is 0 Å². The third kappa shape index (κ3) is 3.78. The quantitative estimate of drug-likeness (QED) is 0.680. The highest BCUT2D eigenvalue weighted by Crippen LogP contribution is 2.23. The van der Waals surface area contributed by atoms with Gasteiger partial charge in [-0.25, -0.2) is 12.8 Å². The molecular weight excluding hydrogens is 325 g/mol. The summed E-state index contributed by atoms with van der Waals surface area (Å²) >= 11 is 3.13. The number of carbonyl (C=O) groups is 1. The molecule has 1 aromatic carbocycles. The van der Waals surface area contributed by atoms with E-state index in [0.717, 1.165) is 24.5 Å². The van der Waals surface area contributed by atoms with Crippen molar-refractivity contribution in [2.24, 2.45) is 0 Å². The number of benzene rings is 1.